The molecular weight excluding hydrogens is 222 g/mol. The van der Waals surface area contributed by atoms with Crippen LogP contribution >= 0.6 is 11.3 Å². The molecule has 0 saturated heterocycles. The van der Waals surface area contributed by atoms with E-state index in [2.05, 4.69) is 18.4 Å². The second-order valence-electron chi connectivity index (χ2n) is 4.10. The Morgan fingerprint density at radius 3 is 3.25 bits per heavy atom. The third kappa shape index (κ3) is 2.21. The van der Waals surface area contributed by atoms with Crippen LogP contribution in [-0.4, -0.2) is 30.7 Å². The highest BCUT2D eigenvalue weighted by Crippen LogP contribution is 2.29. The van der Waals surface area contributed by atoms with Gasteiger partial charge in [-0.25, -0.2) is 4.79 Å². The number of rotatable bonds is 1. The van der Waals surface area contributed by atoms with Gasteiger partial charge in [0.15, 0.2) is 0 Å². The highest BCUT2D eigenvalue weighted by molar-refractivity contribution is 7.10. The molecule has 88 valence electrons. The minimum Gasteiger partial charge on any atom is -0.450 e. The summed E-state index contributed by atoms with van der Waals surface area (Å²) in [5.41, 5.74) is 1.40. The summed E-state index contributed by atoms with van der Waals surface area (Å²) in [5, 5.41) is 2.14. The van der Waals surface area contributed by atoms with Crippen molar-refractivity contribution >= 4 is 17.4 Å². The first-order chi connectivity index (χ1) is 7.72. The number of thiophene rings is 1. The maximum absolute atomic E-state index is 11.7. The lowest BCUT2D eigenvalue weighted by molar-refractivity contribution is 0.107. The molecule has 4 heteroatoms. The first-order valence-corrected chi connectivity index (χ1v) is 6.58. The molecule has 1 aliphatic rings. The van der Waals surface area contributed by atoms with Crippen molar-refractivity contribution in [1.82, 2.24) is 4.90 Å². The summed E-state index contributed by atoms with van der Waals surface area (Å²) in [6, 6.07) is 2.18. The van der Waals surface area contributed by atoms with Gasteiger partial charge in [-0.3, -0.25) is 0 Å². The van der Waals surface area contributed by atoms with E-state index >= 15 is 0 Å². The molecule has 0 radical (unpaired) electrons. The highest BCUT2D eigenvalue weighted by Gasteiger charge is 2.24. The number of amides is 1. The molecule has 3 nitrogen and oxygen atoms in total. The minimum atomic E-state index is -0.176. The smallest absolute Gasteiger partial charge is 0.409 e. The Morgan fingerprint density at radius 2 is 2.50 bits per heavy atom. The van der Waals surface area contributed by atoms with E-state index in [9.17, 15) is 4.79 Å². The predicted molar refractivity (Wildman–Crippen MR) is 65.0 cm³/mol. The maximum atomic E-state index is 11.7. The Morgan fingerprint density at radius 1 is 1.69 bits per heavy atom. The summed E-state index contributed by atoms with van der Waals surface area (Å²) in [4.78, 5) is 14.9. The van der Waals surface area contributed by atoms with E-state index in [1.165, 1.54) is 10.4 Å². The maximum Gasteiger partial charge on any atom is 0.409 e. The topological polar surface area (TPSA) is 29.5 Å². The summed E-state index contributed by atoms with van der Waals surface area (Å²) in [5.74, 6) is 0.410. The van der Waals surface area contributed by atoms with Gasteiger partial charge in [0.05, 0.1) is 6.61 Å². The Kier molecular flexibility index (Phi) is 3.49. The van der Waals surface area contributed by atoms with Gasteiger partial charge >= 0.3 is 6.09 Å². The predicted octanol–water partition coefficient (Wildman–Crippen LogP) is 2.87. The monoisotopic (exact) mass is 239 g/mol. The molecule has 1 aliphatic heterocycles. The van der Waals surface area contributed by atoms with Crippen molar-refractivity contribution in [1.29, 1.82) is 0 Å². The van der Waals surface area contributed by atoms with Crippen molar-refractivity contribution in [3.8, 4) is 0 Å². The molecular formula is C12H17NO2S. The third-order valence-corrected chi connectivity index (χ3v) is 3.94. The molecule has 1 atom stereocenters. The van der Waals surface area contributed by atoms with E-state index < -0.39 is 0 Å². The van der Waals surface area contributed by atoms with Crippen LogP contribution in [0.5, 0.6) is 0 Å². The van der Waals surface area contributed by atoms with E-state index in [-0.39, 0.29) is 6.09 Å². The SMILES string of the molecule is CCOC(=O)N1CCc2sccc2[C@H](C)C1. The highest BCUT2D eigenvalue weighted by atomic mass is 32.1. The van der Waals surface area contributed by atoms with Gasteiger partial charge in [0.25, 0.3) is 0 Å². The Hall–Kier alpha value is -1.03. The fourth-order valence-corrected chi connectivity index (χ4v) is 3.12. The molecule has 16 heavy (non-hydrogen) atoms. The van der Waals surface area contributed by atoms with E-state index in [0.717, 1.165) is 19.5 Å². The quantitative estimate of drug-likeness (QED) is 0.754. The van der Waals surface area contributed by atoms with Gasteiger partial charge in [0.1, 0.15) is 0 Å². The lowest BCUT2D eigenvalue weighted by Gasteiger charge is -2.21. The van der Waals surface area contributed by atoms with Crippen molar-refractivity contribution in [2.45, 2.75) is 26.2 Å². The molecule has 2 heterocycles. The average molecular weight is 239 g/mol. The average Bonchev–Trinajstić information content (AvgIpc) is 2.66. The molecule has 0 aromatic carbocycles. The second kappa shape index (κ2) is 4.87. The Labute approximate surface area is 100 Å². The van der Waals surface area contributed by atoms with Crippen LogP contribution in [0, 0.1) is 0 Å². The van der Waals surface area contributed by atoms with E-state index in [1.807, 2.05) is 11.8 Å². The standard InChI is InChI=1S/C12H17NO2S/c1-3-15-12(14)13-6-4-11-10(5-7-16-11)9(2)8-13/h5,7,9H,3-4,6,8H2,1-2H3/t9-/m1/s1. The van der Waals surface area contributed by atoms with Crippen LogP contribution in [-0.2, 0) is 11.2 Å². The van der Waals surface area contributed by atoms with Gasteiger partial charge in [-0.15, -0.1) is 11.3 Å². The van der Waals surface area contributed by atoms with Crippen LogP contribution in [0.3, 0.4) is 0 Å². The van der Waals surface area contributed by atoms with Crippen LogP contribution in [0.25, 0.3) is 0 Å². The lowest BCUT2D eigenvalue weighted by atomic mass is 10.0. The summed E-state index contributed by atoms with van der Waals surface area (Å²) >= 11 is 1.79. The zero-order valence-corrected chi connectivity index (χ0v) is 10.5. The van der Waals surface area contributed by atoms with Crippen LogP contribution in [0.4, 0.5) is 4.79 Å². The third-order valence-electron chi connectivity index (χ3n) is 2.94. The molecule has 0 spiro atoms. The fourth-order valence-electron chi connectivity index (χ4n) is 2.13. The first kappa shape index (κ1) is 11.5. The molecule has 0 saturated carbocycles. The summed E-state index contributed by atoms with van der Waals surface area (Å²) in [7, 11) is 0. The number of hydrogen-bond donors (Lipinski definition) is 0. The van der Waals surface area contributed by atoms with Gasteiger partial charge in [-0.05, 0) is 36.3 Å². The molecule has 0 fully saturated rings. The van der Waals surface area contributed by atoms with Crippen LogP contribution in [0.15, 0.2) is 11.4 Å². The number of fused-ring (bicyclic) bond motifs is 1. The molecule has 2 rings (SSSR count). The van der Waals surface area contributed by atoms with Gasteiger partial charge in [-0.1, -0.05) is 6.92 Å². The molecule has 0 bridgehead atoms. The molecule has 0 aliphatic carbocycles. The van der Waals surface area contributed by atoms with Crippen molar-refractivity contribution in [2.75, 3.05) is 19.7 Å². The van der Waals surface area contributed by atoms with Crippen molar-refractivity contribution in [3.63, 3.8) is 0 Å². The zero-order chi connectivity index (χ0) is 11.5. The van der Waals surface area contributed by atoms with Crippen molar-refractivity contribution < 1.29 is 9.53 Å². The molecule has 1 aromatic rings. The number of hydrogen-bond acceptors (Lipinski definition) is 3. The number of nitrogens with zero attached hydrogens (tertiary/aromatic N) is 1. The fraction of sp³-hybridized carbons (Fsp3) is 0.583. The minimum absolute atomic E-state index is 0.176. The second-order valence-corrected chi connectivity index (χ2v) is 5.10. The largest absolute Gasteiger partial charge is 0.450 e. The van der Waals surface area contributed by atoms with E-state index in [0.29, 0.717) is 12.5 Å². The van der Waals surface area contributed by atoms with Gasteiger partial charge in [0, 0.05) is 18.0 Å². The Bertz CT molecular complexity index is 375. The molecule has 0 N–H and O–H groups in total. The number of ether oxygens (including phenoxy) is 1. The number of carbonyl (C=O) groups excluding carboxylic acids is 1. The van der Waals surface area contributed by atoms with E-state index in [1.54, 1.807) is 11.3 Å². The Balaban J connectivity index is 2.09. The summed E-state index contributed by atoms with van der Waals surface area (Å²) < 4.78 is 5.05. The summed E-state index contributed by atoms with van der Waals surface area (Å²) in [6.07, 6.45) is 0.778. The van der Waals surface area contributed by atoms with E-state index in [4.69, 9.17) is 4.74 Å². The zero-order valence-electron chi connectivity index (χ0n) is 9.73. The van der Waals surface area contributed by atoms with Crippen molar-refractivity contribution in [3.05, 3.63) is 21.9 Å². The van der Waals surface area contributed by atoms with Crippen LogP contribution < -0.4 is 0 Å². The summed E-state index contributed by atoms with van der Waals surface area (Å²) in [6.45, 7) is 6.00. The van der Waals surface area contributed by atoms with Crippen molar-refractivity contribution in [2.24, 2.45) is 0 Å². The van der Waals surface area contributed by atoms with Crippen LogP contribution in [0.1, 0.15) is 30.2 Å². The molecule has 1 amide bonds. The van der Waals surface area contributed by atoms with Gasteiger partial charge in [-0.2, -0.15) is 0 Å². The van der Waals surface area contributed by atoms with Gasteiger partial charge in [0.2, 0.25) is 0 Å². The number of carbonyl (C=O) groups is 1. The molecule has 1 aromatic heterocycles. The molecule has 0 unspecified atom stereocenters. The van der Waals surface area contributed by atoms with Gasteiger partial charge < -0.3 is 9.64 Å². The lowest BCUT2D eigenvalue weighted by Crippen LogP contribution is -2.34. The normalized spacial score (nSPS) is 20.1. The first-order valence-electron chi connectivity index (χ1n) is 5.70. The van der Waals surface area contributed by atoms with Crippen LogP contribution in [0.2, 0.25) is 0 Å².